The van der Waals surface area contributed by atoms with Crippen LogP contribution in [0.4, 0.5) is 0 Å². The van der Waals surface area contributed by atoms with E-state index in [4.69, 9.17) is 0 Å². The first-order valence-electron chi connectivity index (χ1n) is 7.40. The quantitative estimate of drug-likeness (QED) is 0.614. The van der Waals surface area contributed by atoms with Gasteiger partial charge >= 0.3 is 138 Å². The number of hydrogen-bond donors (Lipinski definition) is 0. The summed E-state index contributed by atoms with van der Waals surface area (Å²) in [4.78, 5) is 0. The van der Waals surface area contributed by atoms with Crippen molar-refractivity contribution < 1.29 is 48.0 Å². The summed E-state index contributed by atoms with van der Waals surface area (Å²) in [7, 11) is 0. The molecule has 2 aliphatic rings. The summed E-state index contributed by atoms with van der Waals surface area (Å²) in [6.07, 6.45) is 10.8. The van der Waals surface area contributed by atoms with Gasteiger partial charge in [0.25, 0.3) is 0 Å². The van der Waals surface area contributed by atoms with Gasteiger partial charge in [0.2, 0.25) is 0 Å². The van der Waals surface area contributed by atoms with Crippen molar-refractivity contribution in [3.63, 3.8) is 0 Å². The van der Waals surface area contributed by atoms with Gasteiger partial charge in [-0.1, -0.05) is 0 Å². The van der Waals surface area contributed by atoms with Crippen LogP contribution >= 0.6 is 0 Å². The number of benzene rings is 2. The average Bonchev–Trinajstić information content (AvgIpc) is 3.17. The Hall–Kier alpha value is -0.877. The van der Waals surface area contributed by atoms with Crippen LogP contribution < -0.4 is 24.8 Å². The van der Waals surface area contributed by atoms with E-state index in [1.54, 1.807) is 8.84 Å². The molecule has 1 unspecified atom stereocenters. The van der Waals surface area contributed by atoms with E-state index in [1.165, 1.54) is 23.1 Å². The second-order valence-electron chi connectivity index (χ2n) is 5.51. The first kappa shape index (κ1) is 18.5. The molecule has 0 bridgehead atoms. The van der Waals surface area contributed by atoms with Crippen LogP contribution in [-0.4, -0.2) is 0 Å². The molecule has 0 aromatic heterocycles. The third-order valence-corrected chi connectivity index (χ3v) is 7.89. The van der Waals surface area contributed by atoms with Gasteiger partial charge < -0.3 is 24.8 Å². The van der Waals surface area contributed by atoms with Crippen molar-refractivity contribution in [2.45, 2.75) is 10.0 Å². The topological polar surface area (TPSA) is 0 Å². The smallest absolute Gasteiger partial charge is 1.00 e. The molecule has 0 saturated carbocycles. The van der Waals surface area contributed by atoms with Crippen molar-refractivity contribution in [1.29, 1.82) is 0 Å². The van der Waals surface area contributed by atoms with Gasteiger partial charge in [-0.3, -0.25) is 0 Å². The summed E-state index contributed by atoms with van der Waals surface area (Å²) < 4.78 is 2.43. The zero-order valence-corrected chi connectivity index (χ0v) is 16.5. The fourth-order valence-electron chi connectivity index (χ4n) is 3.03. The molecule has 0 amide bonds. The molecule has 0 aliphatic heterocycles. The fourth-order valence-corrected chi connectivity index (χ4v) is 6.64. The fraction of sp³-hybridized carbons (Fsp3) is 0.100. The Morgan fingerprint density at radius 2 is 1.61 bits per heavy atom. The van der Waals surface area contributed by atoms with Crippen molar-refractivity contribution in [1.82, 2.24) is 0 Å². The minimum absolute atomic E-state index is 0. The number of halogens is 2. The van der Waals surface area contributed by atoms with Gasteiger partial charge in [-0.2, -0.15) is 0 Å². The van der Waals surface area contributed by atoms with Crippen LogP contribution in [0.2, 0.25) is 0 Å². The third kappa shape index (κ3) is 3.97. The molecular formula is C20H16Cl2Zr. The molecule has 0 saturated heterocycles. The second kappa shape index (κ2) is 8.29. The van der Waals surface area contributed by atoms with E-state index in [2.05, 4.69) is 78.9 Å². The summed E-state index contributed by atoms with van der Waals surface area (Å²) in [6.45, 7) is 0. The van der Waals surface area contributed by atoms with E-state index in [1.807, 2.05) is 0 Å². The Morgan fingerprint density at radius 1 is 0.870 bits per heavy atom. The number of rotatable bonds is 3. The predicted molar refractivity (Wildman–Crippen MR) is 85.3 cm³/mol. The first-order chi connectivity index (χ1) is 10.4. The van der Waals surface area contributed by atoms with Gasteiger partial charge in [-0.05, 0) is 0 Å². The summed E-state index contributed by atoms with van der Waals surface area (Å²) in [6, 6.07) is 19.6. The van der Waals surface area contributed by atoms with Crippen molar-refractivity contribution >= 4 is 11.6 Å². The molecule has 0 radical (unpaired) electrons. The summed E-state index contributed by atoms with van der Waals surface area (Å²) in [5, 5.41) is 0. The van der Waals surface area contributed by atoms with Crippen LogP contribution in [0.15, 0.2) is 76.1 Å². The van der Waals surface area contributed by atoms with Crippen LogP contribution in [0.25, 0.3) is 11.6 Å². The SMILES string of the molecule is C1=C[CH]([Zr+2][C]2=CC(c3ccccc3)=CC2)c2ccccc21.[Cl-].[Cl-]. The Balaban J connectivity index is 0.000000960. The maximum atomic E-state index is 2.45. The van der Waals surface area contributed by atoms with Crippen LogP contribution in [0.5, 0.6) is 0 Å². The summed E-state index contributed by atoms with van der Waals surface area (Å²) in [5.74, 6) is 0. The minimum atomic E-state index is -0.572. The summed E-state index contributed by atoms with van der Waals surface area (Å²) in [5.41, 5.74) is 5.76. The van der Waals surface area contributed by atoms with Crippen molar-refractivity contribution in [2.75, 3.05) is 0 Å². The molecule has 2 aromatic rings. The second-order valence-corrected chi connectivity index (χ2v) is 9.33. The van der Waals surface area contributed by atoms with Crippen molar-refractivity contribution in [2.24, 2.45) is 0 Å². The van der Waals surface area contributed by atoms with Gasteiger partial charge in [-0.15, -0.1) is 0 Å². The Morgan fingerprint density at radius 3 is 2.43 bits per heavy atom. The average molecular weight is 418 g/mol. The van der Waals surface area contributed by atoms with Crippen LogP contribution in [0.3, 0.4) is 0 Å². The molecule has 0 nitrogen and oxygen atoms in total. The van der Waals surface area contributed by atoms with Crippen molar-refractivity contribution in [3.05, 3.63) is 92.8 Å². The maximum absolute atomic E-state index is 2.45. The maximum Gasteiger partial charge on any atom is -1.00 e. The monoisotopic (exact) mass is 416 g/mol. The molecule has 2 aromatic carbocycles. The normalized spacial score (nSPS) is 17.3. The number of fused-ring (bicyclic) bond motifs is 1. The number of allylic oxidation sites excluding steroid dienone is 5. The molecule has 23 heavy (non-hydrogen) atoms. The number of hydrogen-bond acceptors (Lipinski definition) is 0. The third-order valence-electron chi connectivity index (χ3n) is 4.12. The van der Waals surface area contributed by atoms with E-state index >= 15 is 0 Å². The standard InChI is InChI=1S/C11H9.C9H7.2ClH.Zr/c1-2-6-10(7-3-1)11-8-4-5-9-11;1-2-5-9-7-3-6-8(9)4-1;;;/h1-3,6-9H,4H2;1-7H;2*1H;/q;;;;+2/p-2. The molecule has 2 aliphatic carbocycles. The van der Waals surface area contributed by atoms with Crippen LogP contribution in [-0.2, 0) is 23.2 Å². The van der Waals surface area contributed by atoms with E-state index in [9.17, 15) is 0 Å². The molecular weight excluding hydrogens is 402 g/mol. The zero-order valence-electron chi connectivity index (χ0n) is 12.5. The molecule has 0 N–H and O–H groups in total. The Kier molecular flexibility index (Phi) is 6.65. The molecule has 0 spiro atoms. The van der Waals surface area contributed by atoms with Crippen LogP contribution in [0.1, 0.15) is 26.7 Å². The minimum Gasteiger partial charge on any atom is -1.00 e. The molecule has 114 valence electrons. The molecule has 4 rings (SSSR count). The van der Waals surface area contributed by atoms with Gasteiger partial charge in [0.05, 0.1) is 0 Å². The Bertz CT molecular complexity index is 760. The van der Waals surface area contributed by atoms with E-state index in [0.29, 0.717) is 0 Å². The zero-order chi connectivity index (χ0) is 14.1. The van der Waals surface area contributed by atoms with E-state index < -0.39 is 23.2 Å². The summed E-state index contributed by atoms with van der Waals surface area (Å²) >= 11 is -0.572. The molecule has 1 atom stereocenters. The first-order valence-corrected chi connectivity index (χ1v) is 10.0. The van der Waals surface area contributed by atoms with Crippen LogP contribution in [0, 0.1) is 0 Å². The molecule has 0 heterocycles. The van der Waals surface area contributed by atoms with E-state index in [0.717, 1.165) is 3.63 Å². The van der Waals surface area contributed by atoms with Gasteiger partial charge in [0, 0.05) is 0 Å². The van der Waals surface area contributed by atoms with Gasteiger partial charge in [-0.25, -0.2) is 0 Å². The van der Waals surface area contributed by atoms with Crippen molar-refractivity contribution in [3.8, 4) is 0 Å². The largest absolute Gasteiger partial charge is 1.00 e. The molecule has 3 heteroatoms. The van der Waals surface area contributed by atoms with Gasteiger partial charge in [0.1, 0.15) is 0 Å². The van der Waals surface area contributed by atoms with E-state index in [-0.39, 0.29) is 24.8 Å². The Labute approximate surface area is 161 Å². The van der Waals surface area contributed by atoms with Gasteiger partial charge in [0.15, 0.2) is 0 Å². The predicted octanol–water partition coefficient (Wildman–Crippen LogP) is -0.784. The molecule has 0 fully saturated rings.